The molecule has 0 unspecified atom stereocenters. The summed E-state index contributed by atoms with van der Waals surface area (Å²) in [5.74, 6) is -1.32. The minimum Gasteiger partial charge on any atom is -0.478 e. The standard InChI is InChI=1S/C9H15NO3/c1-4-5-10(3)8(11)6-7(2)9(12)13/h6H,4-5H2,1-3H3,(H,12,13)/b7-6+. The van der Waals surface area contributed by atoms with E-state index in [1.54, 1.807) is 7.05 Å². The Morgan fingerprint density at radius 1 is 1.46 bits per heavy atom. The zero-order valence-electron chi connectivity index (χ0n) is 8.20. The molecule has 0 aromatic heterocycles. The van der Waals surface area contributed by atoms with Crippen LogP contribution in [0.2, 0.25) is 0 Å². The minimum absolute atomic E-state index is 0.0629. The maximum absolute atomic E-state index is 11.2. The molecule has 0 bridgehead atoms. The van der Waals surface area contributed by atoms with Crippen LogP contribution in [0.5, 0.6) is 0 Å². The van der Waals surface area contributed by atoms with Crippen molar-refractivity contribution in [2.75, 3.05) is 13.6 Å². The summed E-state index contributed by atoms with van der Waals surface area (Å²) in [6.45, 7) is 4.00. The lowest BCUT2D eigenvalue weighted by Gasteiger charge is -2.13. The molecule has 0 saturated carbocycles. The highest BCUT2D eigenvalue weighted by molar-refractivity contribution is 5.97. The highest BCUT2D eigenvalue weighted by Gasteiger charge is 2.07. The van der Waals surface area contributed by atoms with Gasteiger partial charge in [-0.15, -0.1) is 0 Å². The summed E-state index contributed by atoms with van der Waals surface area (Å²) in [6, 6.07) is 0. The van der Waals surface area contributed by atoms with Gasteiger partial charge < -0.3 is 10.0 Å². The molecule has 1 N–H and O–H groups in total. The van der Waals surface area contributed by atoms with E-state index in [1.165, 1.54) is 11.8 Å². The average molecular weight is 185 g/mol. The number of hydrogen-bond acceptors (Lipinski definition) is 2. The Morgan fingerprint density at radius 2 is 2.00 bits per heavy atom. The van der Waals surface area contributed by atoms with Crippen molar-refractivity contribution < 1.29 is 14.7 Å². The van der Waals surface area contributed by atoms with E-state index in [-0.39, 0.29) is 11.5 Å². The Morgan fingerprint density at radius 3 is 2.38 bits per heavy atom. The number of carbonyl (C=O) groups is 2. The first kappa shape index (κ1) is 11.7. The highest BCUT2D eigenvalue weighted by atomic mass is 16.4. The number of carbonyl (C=O) groups excluding carboxylic acids is 1. The molecule has 4 heteroatoms. The Kier molecular flexibility index (Phi) is 4.80. The molecule has 0 aliphatic carbocycles. The fraction of sp³-hybridized carbons (Fsp3) is 0.556. The highest BCUT2D eigenvalue weighted by Crippen LogP contribution is 1.96. The van der Waals surface area contributed by atoms with Crippen LogP contribution in [0.1, 0.15) is 20.3 Å². The van der Waals surface area contributed by atoms with Gasteiger partial charge in [0.1, 0.15) is 0 Å². The van der Waals surface area contributed by atoms with Gasteiger partial charge in [0.15, 0.2) is 0 Å². The van der Waals surface area contributed by atoms with Crippen molar-refractivity contribution in [3.05, 3.63) is 11.6 Å². The molecular formula is C9H15NO3. The number of amides is 1. The Labute approximate surface area is 77.8 Å². The molecule has 13 heavy (non-hydrogen) atoms. The van der Waals surface area contributed by atoms with Crippen molar-refractivity contribution in [3.8, 4) is 0 Å². The van der Waals surface area contributed by atoms with Crippen molar-refractivity contribution in [1.82, 2.24) is 4.90 Å². The van der Waals surface area contributed by atoms with Gasteiger partial charge in [-0.05, 0) is 13.3 Å². The predicted molar refractivity (Wildman–Crippen MR) is 49.3 cm³/mol. The zero-order valence-corrected chi connectivity index (χ0v) is 8.20. The summed E-state index contributed by atoms with van der Waals surface area (Å²) in [6.07, 6.45) is 2.00. The second-order valence-electron chi connectivity index (χ2n) is 2.89. The number of nitrogens with zero attached hydrogens (tertiary/aromatic N) is 1. The van der Waals surface area contributed by atoms with Crippen LogP contribution in [0.15, 0.2) is 11.6 Å². The number of carboxylic acid groups (broad SMARTS) is 1. The Balaban J connectivity index is 4.28. The molecule has 74 valence electrons. The number of carboxylic acids is 1. The van der Waals surface area contributed by atoms with Gasteiger partial charge in [0, 0.05) is 25.2 Å². The van der Waals surface area contributed by atoms with Crippen molar-refractivity contribution in [1.29, 1.82) is 0 Å². The topological polar surface area (TPSA) is 57.6 Å². The van der Waals surface area contributed by atoms with Gasteiger partial charge in [0.25, 0.3) is 0 Å². The van der Waals surface area contributed by atoms with Crippen molar-refractivity contribution >= 4 is 11.9 Å². The second kappa shape index (κ2) is 5.35. The van der Waals surface area contributed by atoms with Crippen molar-refractivity contribution in [2.24, 2.45) is 0 Å². The number of likely N-dealkylation sites (N-methyl/N-ethyl adjacent to an activating group) is 1. The molecular weight excluding hydrogens is 170 g/mol. The lowest BCUT2D eigenvalue weighted by Crippen LogP contribution is -2.26. The van der Waals surface area contributed by atoms with Crippen LogP contribution in [0.3, 0.4) is 0 Å². The summed E-state index contributed by atoms with van der Waals surface area (Å²) in [5, 5.41) is 8.50. The first-order chi connectivity index (χ1) is 5.99. The lowest BCUT2D eigenvalue weighted by molar-refractivity contribution is -0.133. The smallest absolute Gasteiger partial charge is 0.331 e. The maximum Gasteiger partial charge on any atom is 0.331 e. The number of aliphatic carboxylic acids is 1. The van der Waals surface area contributed by atoms with Crippen LogP contribution in [0, 0.1) is 0 Å². The van der Waals surface area contributed by atoms with Crippen LogP contribution in [0.4, 0.5) is 0 Å². The molecule has 0 aromatic carbocycles. The molecule has 0 rings (SSSR count). The third-order valence-electron chi connectivity index (χ3n) is 1.61. The first-order valence-electron chi connectivity index (χ1n) is 4.15. The summed E-state index contributed by atoms with van der Waals surface area (Å²) >= 11 is 0. The van der Waals surface area contributed by atoms with E-state index < -0.39 is 5.97 Å². The summed E-state index contributed by atoms with van der Waals surface area (Å²) in [5.41, 5.74) is 0.0629. The molecule has 0 heterocycles. The Bertz CT molecular complexity index is 233. The lowest BCUT2D eigenvalue weighted by atomic mass is 10.2. The van der Waals surface area contributed by atoms with E-state index in [0.717, 1.165) is 12.5 Å². The van der Waals surface area contributed by atoms with Gasteiger partial charge in [-0.25, -0.2) is 4.79 Å². The van der Waals surface area contributed by atoms with Crippen molar-refractivity contribution in [2.45, 2.75) is 20.3 Å². The van der Waals surface area contributed by atoms with Crippen LogP contribution in [0.25, 0.3) is 0 Å². The molecule has 0 saturated heterocycles. The van der Waals surface area contributed by atoms with E-state index in [4.69, 9.17) is 5.11 Å². The molecule has 4 nitrogen and oxygen atoms in total. The van der Waals surface area contributed by atoms with Gasteiger partial charge in [-0.3, -0.25) is 4.79 Å². The second-order valence-corrected chi connectivity index (χ2v) is 2.89. The van der Waals surface area contributed by atoms with Crippen LogP contribution in [-0.2, 0) is 9.59 Å². The minimum atomic E-state index is -1.06. The van der Waals surface area contributed by atoms with Gasteiger partial charge in [-0.2, -0.15) is 0 Å². The number of rotatable bonds is 4. The van der Waals surface area contributed by atoms with E-state index in [2.05, 4.69) is 0 Å². The van der Waals surface area contributed by atoms with E-state index in [0.29, 0.717) is 6.54 Å². The van der Waals surface area contributed by atoms with Crippen LogP contribution < -0.4 is 0 Å². The van der Waals surface area contributed by atoms with E-state index >= 15 is 0 Å². The predicted octanol–water partition coefficient (Wildman–Crippen LogP) is 0.886. The van der Waals surface area contributed by atoms with Gasteiger partial charge in [0.2, 0.25) is 5.91 Å². The molecule has 0 atom stereocenters. The molecule has 1 amide bonds. The normalized spacial score (nSPS) is 11.2. The molecule has 0 radical (unpaired) electrons. The SMILES string of the molecule is CCCN(C)C(=O)/C=C(\C)C(=O)O. The Hall–Kier alpha value is -1.32. The maximum atomic E-state index is 11.2. The molecule has 0 aliphatic rings. The first-order valence-corrected chi connectivity index (χ1v) is 4.15. The third kappa shape index (κ3) is 4.30. The largest absolute Gasteiger partial charge is 0.478 e. The summed E-state index contributed by atoms with van der Waals surface area (Å²) in [7, 11) is 1.65. The molecule has 0 aliphatic heterocycles. The molecule has 0 aromatic rings. The third-order valence-corrected chi connectivity index (χ3v) is 1.61. The quantitative estimate of drug-likeness (QED) is 0.661. The molecule has 0 spiro atoms. The van der Waals surface area contributed by atoms with Crippen LogP contribution >= 0.6 is 0 Å². The van der Waals surface area contributed by atoms with Crippen LogP contribution in [-0.4, -0.2) is 35.5 Å². The fourth-order valence-electron chi connectivity index (χ4n) is 0.803. The molecule has 0 fully saturated rings. The average Bonchev–Trinajstić information content (AvgIpc) is 2.04. The van der Waals surface area contributed by atoms with Gasteiger partial charge >= 0.3 is 5.97 Å². The number of hydrogen-bond donors (Lipinski definition) is 1. The fourth-order valence-corrected chi connectivity index (χ4v) is 0.803. The van der Waals surface area contributed by atoms with E-state index in [9.17, 15) is 9.59 Å². The summed E-state index contributed by atoms with van der Waals surface area (Å²) in [4.78, 5) is 23.1. The van der Waals surface area contributed by atoms with Crippen molar-refractivity contribution in [3.63, 3.8) is 0 Å². The monoisotopic (exact) mass is 185 g/mol. The van der Waals surface area contributed by atoms with Gasteiger partial charge in [0.05, 0.1) is 0 Å². The van der Waals surface area contributed by atoms with E-state index in [1.807, 2.05) is 6.92 Å². The van der Waals surface area contributed by atoms with Gasteiger partial charge in [-0.1, -0.05) is 6.92 Å². The zero-order chi connectivity index (χ0) is 10.4. The summed E-state index contributed by atoms with van der Waals surface area (Å²) < 4.78 is 0.